The smallest absolute Gasteiger partial charge is 0.328 e. The first-order chi connectivity index (χ1) is 18.9. The Morgan fingerprint density at radius 2 is 1.77 bits per heavy atom. The van der Waals surface area contributed by atoms with E-state index in [1.54, 1.807) is 36.5 Å². The maximum Gasteiger partial charge on any atom is 0.328 e. The van der Waals surface area contributed by atoms with Crippen molar-refractivity contribution in [3.63, 3.8) is 0 Å². The summed E-state index contributed by atoms with van der Waals surface area (Å²) in [4.78, 5) is 29.1. The fourth-order valence-electron chi connectivity index (χ4n) is 4.52. The molecule has 0 saturated carbocycles. The standard InChI is InChI=1S/C28H19ClF2N6O2.CH4/c29-16-6-9-18-19(10-16)25(23-20(30)2-1-3-21(23)31)32-11-15-12-34-28(37-24(15)18)35-17-7-4-14(5-8-17)26-33-13-22(36-26)27(38)39;/h1-10,12,22H,11,13H2,(H,33,36)(H,38,39)(H,34,35,37);1H4. The third-order valence-corrected chi connectivity index (χ3v) is 6.65. The molecule has 2 aliphatic rings. The molecule has 4 aromatic rings. The molecule has 0 radical (unpaired) electrons. The number of nitrogens with one attached hydrogen (secondary N) is 2. The molecule has 3 N–H and O–H groups in total. The first kappa shape index (κ1) is 26.9. The molecule has 2 aliphatic heterocycles. The van der Waals surface area contributed by atoms with E-state index in [2.05, 4.69) is 25.6 Å². The zero-order valence-corrected chi connectivity index (χ0v) is 20.9. The highest BCUT2D eigenvalue weighted by Gasteiger charge is 2.26. The summed E-state index contributed by atoms with van der Waals surface area (Å²) < 4.78 is 29.5. The van der Waals surface area contributed by atoms with Crippen LogP contribution in [0.25, 0.3) is 11.3 Å². The fraction of sp³-hybridized carbons (Fsp3) is 0.138. The van der Waals surface area contributed by atoms with Crippen molar-refractivity contribution in [2.45, 2.75) is 20.0 Å². The van der Waals surface area contributed by atoms with Crippen LogP contribution in [0.5, 0.6) is 0 Å². The Morgan fingerprint density at radius 3 is 2.48 bits per heavy atom. The first-order valence-electron chi connectivity index (χ1n) is 11.9. The van der Waals surface area contributed by atoms with E-state index in [4.69, 9.17) is 21.7 Å². The van der Waals surface area contributed by atoms with E-state index < -0.39 is 23.6 Å². The lowest BCUT2D eigenvalue weighted by Gasteiger charge is -2.13. The fourth-order valence-corrected chi connectivity index (χ4v) is 4.69. The zero-order valence-electron chi connectivity index (χ0n) is 20.1. The molecular formula is C29H23ClF2N6O2. The molecule has 0 aliphatic carbocycles. The molecule has 0 bridgehead atoms. The number of carboxylic acids is 1. The largest absolute Gasteiger partial charge is 0.480 e. The summed E-state index contributed by atoms with van der Waals surface area (Å²) in [7, 11) is 0. The average Bonchev–Trinajstić information content (AvgIpc) is 3.37. The molecule has 6 rings (SSSR count). The highest BCUT2D eigenvalue weighted by atomic mass is 35.5. The number of hydrogen-bond acceptors (Lipinski definition) is 7. The summed E-state index contributed by atoms with van der Waals surface area (Å²) >= 11 is 6.28. The van der Waals surface area contributed by atoms with Gasteiger partial charge in [0, 0.05) is 39.2 Å². The molecule has 8 nitrogen and oxygen atoms in total. The Balaban J connectivity index is 0.00000323. The molecule has 3 heterocycles. The summed E-state index contributed by atoms with van der Waals surface area (Å²) in [5.74, 6) is -1.56. The van der Waals surface area contributed by atoms with Crippen LogP contribution in [0.4, 0.5) is 20.4 Å². The van der Waals surface area contributed by atoms with Gasteiger partial charge in [-0.2, -0.15) is 0 Å². The van der Waals surface area contributed by atoms with Gasteiger partial charge in [0.1, 0.15) is 23.5 Å². The highest BCUT2D eigenvalue weighted by Crippen LogP contribution is 2.34. The van der Waals surface area contributed by atoms with Crippen molar-refractivity contribution >= 4 is 40.8 Å². The minimum Gasteiger partial charge on any atom is -0.480 e. The number of carbonyl (C=O) groups is 1. The predicted molar refractivity (Wildman–Crippen MR) is 151 cm³/mol. The zero-order chi connectivity index (χ0) is 27.1. The van der Waals surface area contributed by atoms with Crippen molar-refractivity contribution in [2.75, 3.05) is 11.9 Å². The van der Waals surface area contributed by atoms with Crippen molar-refractivity contribution in [3.8, 4) is 11.3 Å². The Kier molecular flexibility index (Phi) is 7.27. The molecule has 1 atom stereocenters. The van der Waals surface area contributed by atoms with E-state index >= 15 is 0 Å². The topological polar surface area (TPSA) is 112 Å². The number of nitrogens with zero attached hydrogens (tertiary/aromatic N) is 4. The maximum absolute atomic E-state index is 14.7. The summed E-state index contributed by atoms with van der Waals surface area (Å²) in [5, 5.41) is 15.6. The lowest BCUT2D eigenvalue weighted by atomic mass is 9.95. The van der Waals surface area contributed by atoms with Gasteiger partial charge in [0.15, 0.2) is 0 Å². The molecule has 0 amide bonds. The van der Waals surface area contributed by atoms with Gasteiger partial charge >= 0.3 is 5.97 Å². The molecule has 1 unspecified atom stereocenters. The number of anilines is 2. The van der Waals surface area contributed by atoms with E-state index in [0.717, 1.165) is 5.56 Å². The van der Waals surface area contributed by atoms with Gasteiger partial charge in [-0.1, -0.05) is 31.2 Å². The molecular weight excluding hydrogens is 538 g/mol. The number of aromatic nitrogens is 2. The van der Waals surface area contributed by atoms with E-state index in [9.17, 15) is 13.6 Å². The lowest BCUT2D eigenvalue weighted by Crippen LogP contribution is -2.37. The Bertz CT molecular complexity index is 1670. The quantitative estimate of drug-likeness (QED) is 0.292. The number of amidine groups is 1. The predicted octanol–water partition coefficient (Wildman–Crippen LogP) is 5.61. The molecule has 0 saturated heterocycles. The normalized spacial score (nSPS) is 15.4. The number of rotatable bonds is 5. The van der Waals surface area contributed by atoms with Crippen molar-refractivity contribution in [2.24, 2.45) is 9.98 Å². The monoisotopic (exact) mass is 560 g/mol. The number of halogens is 3. The molecule has 40 heavy (non-hydrogen) atoms. The van der Waals surface area contributed by atoms with Gasteiger partial charge in [0.2, 0.25) is 5.95 Å². The van der Waals surface area contributed by atoms with Crippen LogP contribution in [-0.2, 0) is 11.3 Å². The summed E-state index contributed by atoms with van der Waals surface area (Å²) in [5.41, 5.74) is 3.71. The third kappa shape index (κ3) is 5.01. The molecule has 202 valence electrons. The highest BCUT2D eigenvalue weighted by molar-refractivity contribution is 6.31. The second-order valence-corrected chi connectivity index (χ2v) is 9.38. The molecule has 1 aromatic heterocycles. The SMILES string of the molecule is C.O=C(O)C1CN=C(c2ccc(Nc3ncc4c(n3)-c3ccc(Cl)cc3C(c3c(F)cccc3F)=NC4)cc2)N1. The third-order valence-electron chi connectivity index (χ3n) is 6.42. The minimum atomic E-state index is -0.951. The number of fused-ring (bicyclic) bond motifs is 3. The van der Waals surface area contributed by atoms with Gasteiger partial charge in [0.25, 0.3) is 0 Å². The van der Waals surface area contributed by atoms with Gasteiger partial charge in [-0.25, -0.2) is 23.5 Å². The number of aliphatic carboxylic acids is 1. The van der Waals surface area contributed by atoms with Crippen molar-refractivity contribution in [1.82, 2.24) is 15.3 Å². The van der Waals surface area contributed by atoms with Crippen LogP contribution < -0.4 is 10.6 Å². The van der Waals surface area contributed by atoms with E-state index in [1.807, 2.05) is 12.1 Å². The van der Waals surface area contributed by atoms with Crippen molar-refractivity contribution in [3.05, 3.63) is 106 Å². The van der Waals surface area contributed by atoms with Crippen molar-refractivity contribution in [1.29, 1.82) is 0 Å². The van der Waals surface area contributed by atoms with E-state index in [0.29, 0.717) is 44.9 Å². The van der Waals surface area contributed by atoms with E-state index in [1.165, 1.54) is 18.2 Å². The number of aliphatic imine (C=N–C) groups is 2. The number of carboxylic acid groups (broad SMARTS) is 1. The number of hydrogen-bond donors (Lipinski definition) is 3. The summed E-state index contributed by atoms with van der Waals surface area (Å²) in [6, 6.07) is 15.2. The molecule has 0 spiro atoms. The van der Waals surface area contributed by atoms with Crippen LogP contribution in [0, 0.1) is 11.6 Å². The van der Waals surface area contributed by atoms with Gasteiger partial charge < -0.3 is 15.7 Å². The molecule has 0 fully saturated rings. The van der Waals surface area contributed by atoms with Gasteiger partial charge in [-0.15, -0.1) is 0 Å². The second kappa shape index (κ2) is 10.8. The van der Waals surface area contributed by atoms with Crippen LogP contribution in [0.15, 0.2) is 76.8 Å². The Labute approximate surface area is 233 Å². The van der Waals surface area contributed by atoms with Crippen LogP contribution in [0.1, 0.15) is 29.7 Å². The summed E-state index contributed by atoms with van der Waals surface area (Å²) in [6.45, 7) is 0.293. The molecule has 11 heteroatoms. The Hall–Kier alpha value is -4.70. The van der Waals surface area contributed by atoms with Gasteiger partial charge in [0.05, 0.1) is 30.1 Å². The lowest BCUT2D eigenvalue weighted by molar-refractivity contribution is -0.138. The average molecular weight is 561 g/mol. The van der Waals surface area contributed by atoms with E-state index in [-0.39, 0.29) is 31.8 Å². The summed E-state index contributed by atoms with van der Waals surface area (Å²) in [6.07, 6.45) is 1.63. The Morgan fingerprint density at radius 1 is 1.02 bits per heavy atom. The van der Waals surface area contributed by atoms with Crippen LogP contribution in [0.2, 0.25) is 5.02 Å². The van der Waals surface area contributed by atoms with Crippen LogP contribution in [-0.4, -0.2) is 45.2 Å². The minimum absolute atomic E-state index is 0. The second-order valence-electron chi connectivity index (χ2n) is 8.95. The maximum atomic E-state index is 14.7. The van der Waals surface area contributed by atoms with Gasteiger partial charge in [-0.05, 0) is 48.5 Å². The molecule has 3 aromatic carbocycles. The first-order valence-corrected chi connectivity index (χ1v) is 12.3. The van der Waals surface area contributed by atoms with Crippen LogP contribution in [0.3, 0.4) is 0 Å². The van der Waals surface area contributed by atoms with Crippen molar-refractivity contribution < 1.29 is 18.7 Å². The van der Waals surface area contributed by atoms with Crippen LogP contribution >= 0.6 is 11.6 Å². The van der Waals surface area contributed by atoms with Gasteiger partial charge in [-0.3, -0.25) is 9.98 Å². The number of benzene rings is 3.